The Hall–Kier alpha value is 1.44. The molecule has 0 nitrogen and oxygen atoms in total. The normalized spacial score (nSPS) is 19.7. The molecular weight excluding hydrogens is 521 g/mol. The molecule has 104 valence electrons. The molecule has 0 saturated carbocycles. The summed E-state index contributed by atoms with van der Waals surface area (Å²) in [5.74, 6) is 0. The van der Waals surface area contributed by atoms with E-state index in [1.54, 1.807) is 0 Å². The minimum Gasteiger partial charge on any atom is -1.00 e. The standard InChI is InChI=1S/2C5H4.6CH3.2Sn.Zr.2H/c2*1-2-4-5-3-1;;;;;;;;;;;/h2*1-2H,3H2;6*1H3;;;;;/q;;;;;;;;;;+2;2*-1. The largest absolute Gasteiger partial charge is 1.00 e. The van der Waals surface area contributed by atoms with Crippen LogP contribution in [0.5, 0.6) is 0 Å². The molecule has 0 aromatic heterocycles. The predicted molar refractivity (Wildman–Crippen MR) is 90.5 cm³/mol. The zero-order chi connectivity index (χ0) is 14.3. The van der Waals surface area contributed by atoms with Gasteiger partial charge in [-0.05, 0) is 0 Å². The molecule has 0 saturated heterocycles. The average Bonchev–Trinajstić information content (AvgIpc) is 2.83. The number of hydrogen-bond acceptors (Lipinski definition) is 0. The van der Waals surface area contributed by atoms with Crippen molar-refractivity contribution in [1.29, 1.82) is 0 Å². The van der Waals surface area contributed by atoms with Gasteiger partial charge in [0.1, 0.15) is 0 Å². The Morgan fingerprint density at radius 1 is 0.789 bits per heavy atom. The number of rotatable bonds is 4. The molecular formula is C16H28Sn2Zr. The molecule has 0 atom stereocenters. The van der Waals surface area contributed by atoms with Gasteiger partial charge in [-0.2, -0.15) is 0 Å². The first kappa shape index (κ1) is 16.8. The van der Waals surface area contributed by atoms with Crippen LogP contribution in [0.25, 0.3) is 0 Å². The van der Waals surface area contributed by atoms with E-state index in [1.165, 1.54) is 12.8 Å². The summed E-state index contributed by atoms with van der Waals surface area (Å²) in [6, 6.07) is 0. The predicted octanol–water partition coefficient (Wildman–Crippen LogP) is 5.48. The number of hydrogen-bond donors (Lipinski definition) is 0. The van der Waals surface area contributed by atoms with Crippen molar-refractivity contribution < 1.29 is 26.1 Å². The van der Waals surface area contributed by atoms with Crippen molar-refractivity contribution in [3.8, 4) is 0 Å². The SMILES string of the molecule is [CH3][Sn]([CH3])([CH3])[C]1=[C]([Zr+2][C]2=[C]([Sn]([CH3])([CH3])[CH3])C=CC2)CC=C1.[H-].[H-]. The van der Waals surface area contributed by atoms with Crippen LogP contribution in [-0.4, -0.2) is 36.8 Å². The van der Waals surface area contributed by atoms with Gasteiger partial charge in [-0.15, -0.1) is 0 Å². The molecule has 3 heteroatoms. The second kappa shape index (κ2) is 6.28. The van der Waals surface area contributed by atoms with Crippen LogP contribution in [0.3, 0.4) is 0 Å². The molecule has 0 fully saturated rings. The Kier molecular flexibility index (Phi) is 5.56. The van der Waals surface area contributed by atoms with Crippen LogP contribution in [0.2, 0.25) is 29.6 Å². The van der Waals surface area contributed by atoms with Crippen LogP contribution < -0.4 is 0 Å². The first-order valence-corrected chi connectivity index (χ1v) is 29.7. The van der Waals surface area contributed by atoms with Crippen molar-refractivity contribution in [1.82, 2.24) is 0 Å². The summed E-state index contributed by atoms with van der Waals surface area (Å²) in [7, 11) is 0. The van der Waals surface area contributed by atoms with E-state index in [4.69, 9.17) is 0 Å². The summed E-state index contributed by atoms with van der Waals surface area (Å²) in [5, 5.41) is 0. The van der Waals surface area contributed by atoms with E-state index in [9.17, 15) is 0 Å². The van der Waals surface area contributed by atoms with E-state index in [-0.39, 0.29) is 2.85 Å². The van der Waals surface area contributed by atoms with Gasteiger partial charge in [-0.1, -0.05) is 0 Å². The molecule has 0 aromatic carbocycles. The number of allylic oxidation sites excluding steroid dienone is 8. The second-order valence-corrected chi connectivity index (χ2v) is 40.0. The summed E-state index contributed by atoms with van der Waals surface area (Å²) in [6.07, 6.45) is 12.5. The maximum absolute atomic E-state index is 2.57. The Morgan fingerprint density at radius 3 is 1.47 bits per heavy atom. The third kappa shape index (κ3) is 4.22. The van der Waals surface area contributed by atoms with Crippen molar-refractivity contribution in [2.45, 2.75) is 42.5 Å². The van der Waals surface area contributed by atoms with Gasteiger partial charge in [0, 0.05) is 0 Å². The minimum absolute atomic E-state index is 0. The molecule has 2 rings (SSSR count). The van der Waals surface area contributed by atoms with E-state index in [0.29, 0.717) is 0 Å². The first-order valence-electron chi connectivity index (χ1n) is 7.27. The molecule has 0 aromatic rings. The molecule has 2 aliphatic carbocycles. The van der Waals surface area contributed by atoms with Crippen LogP contribution in [0, 0.1) is 0 Å². The average molecular weight is 549 g/mol. The van der Waals surface area contributed by atoms with Gasteiger partial charge in [0.2, 0.25) is 0 Å². The van der Waals surface area contributed by atoms with E-state index in [2.05, 4.69) is 53.9 Å². The minimum atomic E-state index is -1.86. The Morgan fingerprint density at radius 2 is 1.16 bits per heavy atom. The van der Waals surface area contributed by atoms with Crippen molar-refractivity contribution in [2.24, 2.45) is 0 Å². The zero-order valence-corrected chi connectivity index (χ0v) is 21.4. The molecule has 0 bridgehead atoms. The molecule has 0 spiro atoms. The van der Waals surface area contributed by atoms with Gasteiger partial charge >= 0.3 is 141 Å². The Bertz CT molecular complexity index is 457. The van der Waals surface area contributed by atoms with E-state index < -0.39 is 60.0 Å². The van der Waals surface area contributed by atoms with Gasteiger partial charge < -0.3 is 2.85 Å². The fourth-order valence-electron chi connectivity index (χ4n) is 2.83. The van der Waals surface area contributed by atoms with Gasteiger partial charge in [0.25, 0.3) is 0 Å². The molecule has 2 aliphatic rings. The van der Waals surface area contributed by atoms with Gasteiger partial charge in [-0.25, -0.2) is 0 Å². The van der Waals surface area contributed by atoms with E-state index >= 15 is 0 Å². The monoisotopic (exact) mass is 550 g/mol. The molecule has 0 heterocycles. The molecule has 0 unspecified atom stereocenters. The fraction of sp³-hybridized carbons (Fsp3) is 0.500. The van der Waals surface area contributed by atoms with Gasteiger partial charge in [0.15, 0.2) is 0 Å². The molecule has 0 N–H and O–H groups in total. The Labute approximate surface area is 141 Å². The van der Waals surface area contributed by atoms with Crippen LogP contribution >= 0.6 is 0 Å². The molecule has 0 amide bonds. The maximum atomic E-state index is 2.57. The maximum Gasteiger partial charge on any atom is -1.00 e. The zero-order valence-electron chi connectivity index (χ0n) is 15.2. The molecule has 19 heavy (non-hydrogen) atoms. The first-order chi connectivity index (χ1) is 8.69. The van der Waals surface area contributed by atoms with Crippen LogP contribution in [0.4, 0.5) is 0 Å². The van der Waals surface area contributed by atoms with Gasteiger partial charge in [0.05, 0.1) is 0 Å². The third-order valence-electron chi connectivity index (χ3n) is 3.78. The van der Waals surface area contributed by atoms with Crippen LogP contribution in [0.1, 0.15) is 15.7 Å². The van der Waals surface area contributed by atoms with Crippen molar-refractivity contribution >= 4 is 36.8 Å². The molecule has 0 aliphatic heterocycles. The fourth-order valence-corrected chi connectivity index (χ4v) is 29.6. The van der Waals surface area contributed by atoms with Gasteiger partial charge in [-0.3, -0.25) is 0 Å². The van der Waals surface area contributed by atoms with Crippen molar-refractivity contribution in [2.75, 3.05) is 0 Å². The second-order valence-electron chi connectivity index (χ2n) is 7.62. The third-order valence-corrected chi connectivity index (χ3v) is 23.0. The summed E-state index contributed by atoms with van der Waals surface area (Å²) in [4.78, 5) is 15.4. The quantitative estimate of drug-likeness (QED) is 0.408. The summed E-state index contributed by atoms with van der Waals surface area (Å²) in [5.41, 5.74) is 0. The summed E-state index contributed by atoms with van der Waals surface area (Å²) >= 11 is -4.19. The summed E-state index contributed by atoms with van der Waals surface area (Å²) in [6.45, 7) is 0. The van der Waals surface area contributed by atoms with Crippen molar-refractivity contribution in [3.05, 3.63) is 38.0 Å². The van der Waals surface area contributed by atoms with Crippen LogP contribution in [0.15, 0.2) is 38.0 Å². The summed E-state index contributed by atoms with van der Waals surface area (Å²) < 4.78 is 7.59. The van der Waals surface area contributed by atoms with Crippen molar-refractivity contribution in [3.63, 3.8) is 0 Å². The van der Waals surface area contributed by atoms with Crippen LogP contribution in [-0.2, 0) is 23.2 Å². The Balaban J connectivity index is 0.00000200. The topological polar surface area (TPSA) is 0 Å². The van der Waals surface area contributed by atoms with E-state index in [0.717, 1.165) is 0 Å². The smallest absolute Gasteiger partial charge is 1.00 e. The molecule has 0 radical (unpaired) electrons. The van der Waals surface area contributed by atoms with E-state index in [1.807, 2.05) is 13.7 Å².